The van der Waals surface area contributed by atoms with Gasteiger partial charge in [-0.2, -0.15) is 0 Å². The summed E-state index contributed by atoms with van der Waals surface area (Å²) in [6, 6.07) is 6.73. The van der Waals surface area contributed by atoms with E-state index in [2.05, 4.69) is 0 Å². The third-order valence-corrected chi connectivity index (χ3v) is 2.69. The number of hydrogen-bond donors (Lipinski definition) is 2. The molecule has 0 radical (unpaired) electrons. The smallest absolute Gasteiger partial charge is 0.168 e. The number of nitrogens with two attached hydrogens (primary N) is 1. The highest BCUT2D eigenvalue weighted by atomic mass is 16.5. The number of aliphatic hydroxyl groups is 1. The molecular weight excluding hydrogens is 206 g/mol. The highest BCUT2D eigenvalue weighted by Crippen LogP contribution is 2.25. The summed E-state index contributed by atoms with van der Waals surface area (Å²) >= 11 is 0. The van der Waals surface area contributed by atoms with E-state index >= 15 is 0 Å². The first kappa shape index (κ1) is 12.8. The van der Waals surface area contributed by atoms with E-state index in [0.29, 0.717) is 17.5 Å². The molecular formula is C12H17NO3. The van der Waals surface area contributed by atoms with Crippen LogP contribution in [0.15, 0.2) is 24.3 Å². The van der Waals surface area contributed by atoms with Gasteiger partial charge >= 0.3 is 0 Å². The van der Waals surface area contributed by atoms with Gasteiger partial charge in [-0.15, -0.1) is 0 Å². The van der Waals surface area contributed by atoms with Crippen LogP contribution < -0.4 is 5.73 Å². The lowest BCUT2D eigenvalue weighted by Crippen LogP contribution is -2.49. The summed E-state index contributed by atoms with van der Waals surface area (Å²) in [7, 11) is 1.44. The Hall–Kier alpha value is -1.23. The predicted octanol–water partition coefficient (Wildman–Crippen LogP) is 1.03. The van der Waals surface area contributed by atoms with Crippen molar-refractivity contribution in [3.8, 4) is 0 Å². The van der Waals surface area contributed by atoms with E-state index in [9.17, 15) is 9.90 Å². The number of carbonyl (C=O) groups excluding carboxylic acids is 1. The van der Waals surface area contributed by atoms with Gasteiger partial charge in [-0.3, -0.25) is 10.5 Å². The quantitative estimate of drug-likeness (QED) is 0.577. The Morgan fingerprint density at radius 3 is 2.81 bits per heavy atom. The van der Waals surface area contributed by atoms with Crippen LogP contribution in [0.4, 0.5) is 0 Å². The second-order valence-corrected chi connectivity index (χ2v) is 3.66. The molecule has 0 heterocycles. The lowest BCUT2D eigenvalue weighted by atomic mass is 9.94. The van der Waals surface area contributed by atoms with Crippen LogP contribution in [0, 0.1) is 0 Å². The number of hydrogen-bond acceptors (Lipinski definition) is 4. The molecule has 16 heavy (non-hydrogen) atoms. The number of aldehydes is 1. The average molecular weight is 223 g/mol. The molecule has 0 saturated heterocycles. The van der Waals surface area contributed by atoms with Crippen LogP contribution in [-0.2, 0) is 10.5 Å². The van der Waals surface area contributed by atoms with Gasteiger partial charge in [0, 0.05) is 18.2 Å². The molecule has 0 unspecified atom stereocenters. The molecule has 2 atom stereocenters. The maximum Gasteiger partial charge on any atom is 0.168 e. The lowest BCUT2D eigenvalue weighted by Gasteiger charge is -2.32. The van der Waals surface area contributed by atoms with Crippen molar-refractivity contribution >= 4 is 6.29 Å². The maximum atomic E-state index is 10.7. The Morgan fingerprint density at radius 2 is 2.31 bits per heavy atom. The molecule has 1 aromatic rings. The Balaban J connectivity index is 3.16. The van der Waals surface area contributed by atoms with Crippen LogP contribution in [0.2, 0.25) is 0 Å². The monoisotopic (exact) mass is 223 g/mol. The van der Waals surface area contributed by atoms with Crippen molar-refractivity contribution in [2.45, 2.75) is 25.2 Å². The Labute approximate surface area is 95.0 Å². The minimum Gasteiger partial charge on any atom is -0.388 e. The van der Waals surface area contributed by atoms with Gasteiger partial charge in [0.05, 0.1) is 0 Å². The number of benzene rings is 1. The molecule has 3 N–H and O–H groups in total. The van der Waals surface area contributed by atoms with Crippen molar-refractivity contribution in [3.05, 3.63) is 35.4 Å². The molecule has 1 rings (SSSR count). The highest BCUT2D eigenvalue weighted by molar-refractivity contribution is 5.75. The fraction of sp³-hybridized carbons (Fsp3) is 0.417. The molecule has 0 fully saturated rings. The average Bonchev–Trinajstić information content (AvgIpc) is 2.36. The van der Waals surface area contributed by atoms with Gasteiger partial charge in [-0.25, -0.2) is 0 Å². The molecule has 0 amide bonds. The maximum absolute atomic E-state index is 10.7. The van der Waals surface area contributed by atoms with Crippen LogP contribution in [0.25, 0.3) is 0 Å². The van der Waals surface area contributed by atoms with Gasteiger partial charge in [0.15, 0.2) is 5.72 Å². The van der Waals surface area contributed by atoms with Crippen LogP contribution in [-0.4, -0.2) is 24.6 Å². The topological polar surface area (TPSA) is 72.6 Å². The minimum atomic E-state index is -1.27. The van der Waals surface area contributed by atoms with Crippen LogP contribution in [0.5, 0.6) is 0 Å². The third kappa shape index (κ3) is 2.29. The Bertz CT molecular complexity index is 367. The van der Waals surface area contributed by atoms with Crippen molar-refractivity contribution < 1.29 is 14.6 Å². The Morgan fingerprint density at radius 1 is 1.62 bits per heavy atom. The van der Waals surface area contributed by atoms with E-state index < -0.39 is 11.8 Å². The molecule has 0 aliphatic heterocycles. The first-order valence-electron chi connectivity index (χ1n) is 5.16. The van der Waals surface area contributed by atoms with Crippen molar-refractivity contribution in [3.63, 3.8) is 0 Å². The second kappa shape index (κ2) is 5.21. The first-order chi connectivity index (χ1) is 7.58. The summed E-state index contributed by atoms with van der Waals surface area (Å²) in [6.45, 7) is 1.81. The van der Waals surface area contributed by atoms with E-state index in [1.165, 1.54) is 7.11 Å². The lowest BCUT2D eigenvalue weighted by molar-refractivity contribution is -0.106. The molecule has 0 spiro atoms. The molecule has 4 heteroatoms. The number of methoxy groups -OCH3 is 1. The molecule has 0 saturated carbocycles. The van der Waals surface area contributed by atoms with Gasteiger partial charge in [-0.1, -0.05) is 25.1 Å². The summed E-state index contributed by atoms with van der Waals surface area (Å²) in [6.07, 6.45) is 0.382. The SMILES string of the molecule is CC[C@@H](O)[C@](N)(OC)c1cccc(C=O)c1. The number of rotatable bonds is 5. The predicted molar refractivity (Wildman–Crippen MR) is 61.0 cm³/mol. The fourth-order valence-corrected chi connectivity index (χ4v) is 1.60. The second-order valence-electron chi connectivity index (χ2n) is 3.66. The summed E-state index contributed by atoms with van der Waals surface area (Å²) in [5.41, 5.74) is 5.84. The van der Waals surface area contributed by atoms with E-state index in [4.69, 9.17) is 10.5 Å². The van der Waals surface area contributed by atoms with Crippen molar-refractivity contribution in [2.24, 2.45) is 5.73 Å². The van der Waals surface area contributed by atoms with Crippen molar-refractivity contribution in [1.29, 1.82) is 0 Å². The van der Waals surface area contributed by atoms with E-state index in [0.717, 1.165) is 6.29 Å². The molecule has 0 aromatic heterocycles. The van der Waals surface area contributed by atoms with Crippen LogP contribution in [0.3, 0.4) is 0 Å². The van der Waals surface area contributed by atoms with Gasteiger partial charge in [-0.05, 0) is 12.5 Å². The summed E-state index contributed by atoms with van der Waals surface area (Å²) in [4.78, 5) is 10.7. The van der Waals surface area contributed by atoms with Gasteiger partial charge in [0.2, 0.25) is 0 Å². The van der Waals surface area contributed by atoms with Crippen LogP contribution in [0.1, 0.15) is 29.3 Å². The zero-order valence-electron chi connectivity index (χ0n) is 9.51. The molecule has 0 aliphatic carbocycles. The third-order valence-electron chi connectivity index (χ3n) is 2.69. The standard InChI is InChI=1S/C12H17NO3/c1-3-11(15)12(13,16-2)10-6-4-5-9(7-10)8-14/h4-8,11,15H,3,13H2,1-2H3/t11-,12-/m1/s1. The van der Waals surface area contributed by atoms with Crippen LogP contribution >= 0.6 is 0 Å². The van der Waals surface area contributed by atoms with E-state index in [1.54, 1.807) is 24.3 Å². The summed E-state index contributed by atoms with van der Waals surface area (Å²) < 4.78 is 5.19. The van der Waals surface area contributed by atoms with E-state index in [-0.39, 0.29) is 0 Å². The Kier molecular flexibility index (Phi) is 4.18. The minimum absolute atomic E-state index is 0.468. The van der Waals surface area contributed by atoms with Gasteiger partial charge in [0.25, 0.3) is 0 Å². The van der Waals surface area contributed by atoms with Crippen molar-refractivity contribution in [1.82, 2.24) is 0 Å². The van der Waals surface area contributed by atoms with E-state index in [1.807, 2.05) is 6.92 Å². The molecule has 1 aromatic carbocycles. The molecule has 88 valence electrons. The molecule has 0 aliphatic rings. The zero-order valence-corrected chi connectivity index (χ0v) is 9.51. The molecule has 4 nitrogen and oxygen atoms in total. The largest absolute Gasteiger partial charge is 0.388 e. The van der Waals surface area contributed by atoms with Gasteiger partial charge < -0.3 is 9.84 Å². The summed E-state index contributed by atoms with van der Waals surface area (Å²) in [5.74, 6) is 0. The van der Waals surface area contributed by atoms with Crippen molar-refractivity contribution in [2.75, 3.05) is 7.11 Å². The summed E-state index contributed by atoms with van der Waals surface area (Å²) in [5, 5.41) is 9.86. The molecule has 0 bridgehead atoms. The fourth-order valence-electron chi connectivity index (χ4n) is 1.60. The van der Waals surface area contributed by atoms with Gasteiger partial charge in [0.1, 0.15) is 12.4 Å². The number of ether oxygens (including phenoxy) is 1. The number of carbonyl (C=O) groups is 1. The zero-order chi connectivity index (χ0) is 12.2. The number of aliphatic hydroxyl groups excluding tert-OH is 1. The first-order valence-corrected chi connectivity index (χ1v) is 5.16. The highest BCUT2D eigenvalue weighted by Gasteiger charge is 2.34. The normalized spacial score (nSPS) is 16.5.